The van der Waals surface area contributed by atoms with E-state index in [1.807, 2.05) is 25.9 Å². The quantitative estimate of drug-likeness (QED) is 0.677. The van der Waals surface area contributed by atoms with Crippen molar-refractivity contribution >= 4 is 12.0 Å². The summed E-state index contributed by atoms with van der Waals surface area (Å²) in [5.41, 5.74) is 0. The van der Waals surface area contributed by atoms with Crippen molar-refractivity contribution in [3.05, 3.63) is 0 Å². The fourth-order valence-corrected chi connectivity index (χ4v) is 1.48. The Labute approximate surface area is 109 Å². The standard InChI is InChI=1S/C12H25N3O3/c1-5-7-15(9-8-14(3)4)12(18)13-10(6-2)11(16)17/h10H,5-9H2,1-4H3,(H,13,18)(H,16,17). The summed E-state index contributed by atoms with van der Waals surface area (Å²) < 4.78 is 0. The van der Waals surface area contributed by atoms with Crippen LogP contribution in [0.3, 0.4) is 0 Å². The number of carbonyl (C=O) groups is 2. The molecule has 0 aliphatic heterocycles. The van der Waals surface area contributed by atoms with Crippen LogP contribution < -0.4 is 5.32 Å². The summed E-state index contributed by atoms with van der Waals surface area (Å²) in [4.78, 5) is 26.5. The van der Waals surface area contributed by atoms with Crippen molar-refractivity contribution in [3.8, 4) is 0 Å². The number of aliphatic carboxylic acids is 1. The molecule has 0 fully saturated rings. The molecule has 106 valence electrons. The van der Waals surface area contributed by atoms with Gasteiger partial charge in [-0.05, 0) is 26.9 Å². The lowest BCUT2D eigenvalue weighted by Crippen LogP contribution is -2.49. The minimum Gasteiger partial charge on any atom is -0.480 e. The van der Waals surface area contributed by atoms with Gasteiger partial charge in [0.2, 0.25) is 0 Å². The summed E-state index contributed by atoms with van der Waals surface area (Å²) in [6.07, 6.45) is 1.24. The van der Waals surface area contributed by atoms with Crippen molar-refractivity contribution < 1.29 is 14.7 Å². The second-order valence-corrected chi connectivity index (χ2v) is 4.54. The fourth-order valence-electron chi connectivity index (χ4n) is 1.48. The Balaban J connectivity index is 4.40. The Morgan fingerprint density at radius 2 is 1.78 bits per heavy atom. The molecule has 1 unspecified atom stereocenters. The SMILES string of the molecule is CCCN(CCN(C)C)C(=O)NC(CC)C(=O)O. The van der Waals surface area contributed by atoms with E-state index in [0.29, 0.717) is 19.5 Å². The largest absolute Gasteiger partial charge is 0.480 e. The lowest BCUT2D eigenvalue weighted by atomic mass is 10.2. The first-order valence-corrected chi connectivity index (χ1v) is 6.35. The van der Waals surface area contributed by atoms with Gasteiger partial charge in [-0.25, -0.2) is 9.59 Å². The molecule has 2 N–H and O–H groups in total. The van der Waals surface area contributed by atoms with Crippen molar-refractivity contribution in [1.29, 1.82) is 0 Å². The van der Waals surface area contributed by atoms with E-state index in [9.17, 15) is 9.59 Å². The van der Waals surface area contributed by atoms with E-state index < -0.39 is 12.0 Å². The molecule has 0 aromatic rings. The van der Waals surface area contributed by atoms with Crippen LogP contribution in [0.1, 0.15) is 26.7 Å². The van der Waals surface area contributed by atoms with Crippen LogP contribution in [0.5, 0.6) is 0 Å². The van der Waals surface area contributed by atoms with E-state index in [2.05, 4.69) is 5.32 Å². The van der Waals surface area contributed by atoms with Crippen LogP contribution in [0.4, 0.5) is 4.79 Å². The molecule has 0 saturated carbocycles. The molecule has 0 heterocycles. The van der Waals surface area contributed by atoms with Crippen LogP contribution in [0.2, 0.25) is 0 Å². The van der Waals surface area contributed by atoms with Gasteiger partial charge in [0.15, 0.2) is 0 Å². The van der Waals surface area contributed by atoms with Crippen molar-refractivity contribution in [2.24, 2.45) is 0 Å². The zero-order chi connectivity index (χ0) is 14.1. The molecule has 0 aromatic carbocycles. The van der Waals surface area contributed by atoms with Gasteiger partial charge in [0.25, 0.3) is 0 Å². The van der Waals surface area contributed by atoms with E-state index in [-0.39, 0.29) is 6.03 Å². The van der Waals surface area contributed by atoms with Crippen LogP contribution >= 0.6 is 0 Å². The molecular formula is C12H25N3O3. The first-order valence-electron chi connectivity index (χ1n) is 6.35. The van der Waals surface area contributed by atoms with E-state index >= 15 is 0 Å². The first kappa shape index (κ1) is 16.7. The van der Waals surface area contributed by atoms with Gasteiger partial charge in [-0.3, -0.25) is 0 Å². The highest BCUT2D eigenvalue weighted by atomic mass is 16.4. The number of amides is 2. The number of urea groups is 1. The van der Waals surface area contributed by atoms with Crippen molar-refractivity contribution in [3.63, 3.8) is 0 Å². The van der Waals surface area contributed by atoms with Crippen LogP contribution in [-0.2, 0) is 4.79 Å². The summed E-state index contributed by atoms with van der Waals surface area (Å²) in [7, 11) is 3.88. The van der Waals surface area contributed by atoms with Gasteiger partial charge in [-0.2, -0.15) is 0 Å². The highest BCUT2D eigenvalue weighted by Crippen LogP contribution is 1.97. The van der Waals surface area contributed by atoms with Crippen LogP contribution in [0.25, 0.3) is 0 Å². The maximum atomic E-state index is 12.0. The fraction of sp³-hybridized carbons (Fsp3) is 0.833. The number of carboxylic acid groups (broad SMARTS) is 1. The number of hydrogen-bond acceptors (Lipinski definition) is 3. The molecule has 0 bridgehead atoms. The van der Waals surface area contributed by atoms with Crippen molar-refractivity contribution in [2.75, 3.05) is 33.7 Å². The monoisotopic (exact) mass is 259 g/mol. The molecule has 0 spiro atoms. The van der Waals surface area contributed by atoms with Crippen LogP contribution in [0.15, 0.2) is 0 Å². The lowest BCUT2D eigenvalue weighted by molar-refractivity contribution is -0.139. The zero-order valence-electron chi connectivity index (χ0n) is 11.8. The third-order valence-corrected chi connectivity index (χ3v) is 2.60. The molecule has 0 saturated heterocycles. The third-order valence-electron chi connectivity index (χ3n) is 2.60. The van der Waals surface area contributed by atoms with E-state index in [4.69, 9.17) is 5.11 Å². The predicted molar refractivity (Wildman–Crippen MR) is 70.7 cm³/mol. The number of nitrogens with zero attached hydrogens (tertiary/aromatic N) is 2. The van der Waals surface area contributed by atoms with Gasteiger partial charge < -0.3 is 20.2 Å². The minimum atomic E-state index is -0.991. The molecule has 0 aliphatic carbocycles. The van der Waals surface area contributed by atoms with Gasteiger partial charge in [0.1, 0.15) is 6.04 Å². The smallest absolute Gasteiger partial charge is 0.326 e. The molecule has 1 atom stereocenters. The van der Waals surface area contributed by atoms with Gasteiger partial charge in [-0.1, -0.05) is 13.8 Å². The molecule has 18 heavy (non-hydrogen) atoms. The van der Waals surface area contributed by atoms with E-state index in [1.165, 1.54) is 0 Å². The van der Waals surface area contributed by atoms with Crippen LogP contribution in [-0.4, -0.2) is 66.7 Å². The predicted octanol–water partition coefficient (Wildman–Crippen LogP) is 0.833. The Morgan fingerprint density at radius 3 is 2.17 bits per heavy atom. The van der Waals surface area contributed by atoms with Gasteiger partial charge >= 0.3 is 12.0 Å². The topological polar surface area (TPSA) is 72.9 Å². The molecular weight excluding hydrogens is 234 g/mol. The minimum absolute atomic E-state index is 0.298. The zero-order valence-corrected chi connectivity index (χ0v) is 11.8. The number of carboxylic acids is 1. The number of nitrogens with one attached hydrogen (secondary N) is 1. The number of carbonyl (C=O) groups excluding carboxylic acids is 1. The summed E-state index contributed by atoms with van der Waals surface area (Å²) in [5.74, 6) is -0.991. The Morgan fingerprint density at radius 1 is 1.17 bits per heavy atom. The average Bonchev–Trinajstić information content (AvgIpc) is 2.30. The Bertz CT molecular complexity index is 269. The van der Waals surface area contributed by atoms with Crippen molar-refractivity contribution in [2.45, 2.75) is 32.7 Å². The molecule has 0 rings (SSSR count). The summed E-state index contributed by atoms with van der Waals surface area (Å²) >= 11 is 0. The van der Waals surface area contributed by atoms with Gasteiger partial charge in [0, 0.05) is 19.6 Å². The molecule has 0 aliphatic rings. The summed E-state index contributed by atoms with van der Waals surface area (Å²) in [6.45, 7) is 5.73. The lowest BCUT2D eigenvalue weighted by Gasteiger charge is -2.25. The van der Waals surface area contributed by atoms with Crippen molar-refractivity contribution in [1.82, 2.24) is 15.1 Å². The number of likely N-dealkylation sites (N-methyl/N-ethyl adjacent to an activating group) is 1. The average molecular weight is 259 g/mol. The summed E-state index contributed by atoms with van der Waals surface area (Å²) in [6, 6.07) is -1.11. The number of hydrogen-bond donors (Lipinski definition) is 2. The second kappa shape index (κ2) is 8.74. The maximum Gasteiger partial charge on any atom is 0.326 e. The second-order valence-electron chi connectivity index (χ2n) is 4.54. The molecule has 2 amide bonds. The van der Waals surface area contributed by atoms with Gasteiger partial charge in [0.05, 0.1) is 0 Å². The Hall–Kier alpha value is -1.30. The summed E-state index contributed by atoms with van der Waals surface area (Å²) in [5, 5.41) is 11.5. The van der Waals surface area contributed by atoms with E-state index in [0.717, 1.165) is 13.0 Å². The highest BCUT2D eigenvalue weighted by Gasteiger charge is 2.20. The maximum absolute atomic E-state index is 12.0. The number of rotatable bonds is 8. The molecule has 6 nitrogen and oxygen atoms in total. The molecule has 6 heteroatoms. The first-order chi connectivity index (χ1) is 8.42. The third kappa shape index (κ3) is 6.44. The highest BCUT2D eigenvalue weighted by molar-refractivity contribution is 5.82. The molecule has 0 radical (unpaired) electrons. The Kier molecular flexibility index (Phi) is 8.11. The van der Waals surface area contributed by atoms with Crippen LogP contribution in [0, 0.1) is 0 Å². The molecule has 0 aromatic heterocycles. The van der Waals surface area contributed by atoms with Gasteiger partial charge in [-0.15, -0.1) is 0 Å². The normalized spacial score (nSPS) is 12.3. The van der Waals surface area contributed by atoms with E-state index in [1.54, 1.807) is 11.8 Å².